The normalized spacial score (nSPS) is 13.9. The molecule has 1 atom stereocenters. The summed E-state index contributed by atoms with van der Waals surface area (Å²) >= 11 is 0. The topological polar surface area (TPSA) is 82.9 Å². The van der Waals surface area contributed by atoms with E-state index in [0.717, 1.165) is 196 Å². The van der Waals surface area contributed by atoms with E-state index in [-0.39, 0.29) is 0 Å². The van der Waals surface area contributed by atoms with Crippen LogP contribution in [0.4, 0.5) is 0 Å². The smallest absolute Gasteiger partial charge is 0.160 e. The molecule has 116 heavy (non-hydrogen) atoms. The van der Waals surface area contributed by atoms with E-state index >= 15 is 0 Å². The first-order valence-corrected chi connectivity index (χ1v) is 39.5. The van der Waals surface area contributed by atoms with Crippen molar-refractivity contribution in [2.45, 2.75) is 10.8 Å². The summed E-state index contributed by atoms with van der Waals surface area (Å²) in [6.45, 7) is 0. The number of pyridine rings is 3. The molecule has 2 spiro atoms. The summed E-state index contributed by atoms with van der Waals surface area (Å²) in [7, 11) is 0. The zero-order valence-electron chi connectivity index (χ0n) is 62.7. The molecule has 6 heterocycles. The van der Waals surface area contributed by atoms with Gasteiger partial charge in [-0.05, 0) is 179 Å². The van der Waals surface area contributed by atoms with Crippen molar-refractivity contribution < 1.29 is 9.47 Å². The lowest BCUT2D eigenvalue weighted by atomic mass is 9.65. The Morgan fingerprint density at radius 1 is 0.216 bits per heavy atom. The van der Waals surface area contributed by atoms with E-state index in [4.69, 9.17) is 29.4 Å². The molecule has 0 bridgehead atoms. The maximum absolute atomic E-state index is 7.45. The Morgan fingerprint density at radius 2 is 0.629 bits per heavy atom. The number of benzene rings is 15. The highest BCUT2D eigenvalue weighted by Crippen LogP contribution is 2.68. The average molecular weight is 1480 g/mol. The molecular formula is C109H67N5O2. The van der Waals surface area contributed by atoms with E-state index in [1.165, 1.54) is 22.3 Å². The van der Waals surface area contributed by atoms with Gasteiger partial charge >= 0.3 is 0 Å². The van der Waals surface area contributed by atoms with E-state index in [1.807, 2.05) is 43.0 Å². The standard InChI is InChI=1S/C109H67N5O2/c1-4-24-68(25-5-1)78-63-79(65-80(64-78)76-32-16-31-75(62-76)77-55-56-95(112-67-77)85-38-21-45-92-103(85)101-81(71-57-60-110-61-58-71)34-18-43-90(101)108(92)87-40-10-13-48-98(87)115-99-49-14-11-41-88(99)108)69-51-53-70(54-52-69)82-35-19-47-94-106(82)116-100-50-15-12-42-89(100)109(94)91-44-20-36-83(84-37-17-30-73-33-23-59-111-105(73)84)102(91)104-86(39-22-46-93(104)109)97-66-96(72-26-6-2-7-27-72)113-107(114-97)74-28-8-3-9-29-74/h1-67H. The second-order valence-corrected chi connectivity index (χ2v) is 30.4. The minimum absolute atomic E-state index is 0.655. The van der Waals surface area contributed by atoms with Gasteiger partial charge in [-0.3, -0.25) is 15.0 Å². The van der Waals surface area contributed by atoms with Gasteiger partial charge in [0.1, 0.15) is 23.0 Å². The third-order valence-corrected chi connectivity index (χ3v) is 24.3. The molecule has 7 nitrogen and oxygen atoms in total. The van der Waals surface area contributed by atoms with E-state index in [0.29, 0.717) is 5.82 Å². The van der Waals surface area contributed by atoms with E-state index in [2.05, 4.69) is 369 Å². The van der Waals surface area contributed by atoms with Crippen LogP contribution in [0.25, 0.3) is 156 Å². The van der Waals surface area contributed by atoms with Crippen molar-refractivity contribution in [1.29, 1.82) is 0 Å². The maximum Gasteiger partial charge on any atom is 0.160 e. The second-order valence-electron chi connectivity index (χ2n) is 30.4. The number of hydrogen-bond acceptors (Lipinski definition) is 7. The fourth-order valence-corrected chi connectivity index (χ4v) is 19.3. The van der Waals surface area contributed by atoms with Crippen LogP contribution in [0.3, 0.4) is 0 Å². The van der Waals surface area contributed by atoms with Gasteiger partial charge in [-0.2, -0.15) is 0 Å². The monoisotopic (exact) mass is 1480 g/mol. The highest BCUT2D eigenvalue weighted by Gasteiger charge is 2.55. The van der Waals surface area contributed by atoms with Crippen LogP contribution >= 0.6 is 0 Å². The van der Waals surface area contributed by atoms with Crippen LogP contribution in [-0.2, 0) is 10.8 Å². The molecule has 0 fully saturated rings. The SMILES string of the molecule is c1ccc(-c2cc(-c3ccc(-c4cccc5c4Oc4ccccc4C54c5cccc(-c6cc(-c7ccccc7)nc(-c7ccccc7)n6)c5-c5c(-c6cccc7cccnc67)cccc54)cc3)cc(-c3cccc(-c4ccc(-c5cccc6c5-c5c(-c7ccncc7)cccc5C65c6ccccc6Oc6ccccc65)nc4)c3)c2)cc1. The van der Waals surface area contributed by atoms with Crippen molar-refractivity contribution in [2.24, 2.45) is 0 Å². The molecule has 7 heteroatoms. The first kappa shape index (κ1) is 66.5. The number of aromatic nitrogens is 5. The zero-order valence-corrected chi connectivity index (χ0v) is 62.7. The number of hydrogen-bond donors (Lipinski definition) is 0. The highest BCUT2D eigenvalue weighted by molar-refractivity contribution is 6.07. The molecular weight excluding hydrogens is 1410 g/mol. The fourth-order valence-electron chi connectivity index (χ4n) is 19.3. The van der Waals surface area contributed by atoms with Crippen LogP contribution < -0.4 is 9.47 Å². The summed E-state index contributed by atoms with van der Waals surface area (Å²) in [5.41, 5.74) is 34.8. The lowest BCUT2D eigenvalue weighted by molar-refractivity contribution is 0.436. The van der Waals surface area contributed by atoms with E-state index in [1.54, 1.807) is 0 Å². The minimum Gasteiger partial charge on any atom is -0.457 e. The third-order valence-electron chi connectivity index (χ3n) is 24.3. The number of para-hydroxylation sites is 5. The van der Waals surface area contributed by atoms with E-state index in [9.17, 15) is 0 Å². The quantitative estimate of drug-likeness (QED) is 0.128. The molecule has 23 rings (SSSR count). The number of ether oxygens (including phenoxy) is 2. The van der Waals surface area contributed by atoms with Crippen LogP contribution in [0.15, 0.2) is 407 Å². The third kappa shape index (κ3) is 10.3. The van der Waals surface area contributed by atoms with Crippen LogP contribution in [0.1, 0.15) is 44.5 Å². The first-order valence-electron chi connectivity index (χ1n) is 39.5. The summed E-state index contributed by atoms with van der Waals surface area (Å²) < 4.78 is 14.2. The van der Waals surface area contributed by atoms with Crippen molar-refractivity contribution in [3.8, 4) is 168 Å². The fraction of sp³-hybridized carbons (Fsp3) is 0.0183. The predicted octanol–water partition coefficient (Wildman–Crippen LogP) is 27.1. The van der Waals surface area contributed by atoms with E-state index < -0.39 is 10.8 Å². The summed E-state index contributed by atoms with van der Waals surface area (Å²) in [6.07, 6.45) is 7.71. The van der Waals surface area contributed by atoms with Crippen molar-refractivity contribution in [3.05, 3.63) is 451 Å². The van der Waals surface area contributed by atoms with Gasteiger partial charge in [0.15, 0.2) is 5.82 Å². The van der Waals surface area contributed by atoms with Crippen LogP contribution in [0, 0.1) is 0 Å². The molecule has 540 valence electrons. The van der Waals surface area contributed by atoms with Gasteiger partial charge in [0, 0.05) is 91.4 Å². The maximum atomic E-state index is 7.45. The molecule has 19 aromatic rings. The lowest BCUT2D eigenvalue weighted by Crippen LogP contribution is -2.32. The molecule has 2 aliphatic carbocycles. The lowest BCUT2D eigenvalue weighted by Gasteiger charge is -2.40. The first-order chi connectivity index (χ1) is 57.5. The largest absolute Gasteiger partial charge is 0.457 e. The second kappa shape index (κ2) is 26.7. The average Bonchev–Trinajstić information content (AvgIpc) is 1.51. The van der Waals surface area contributed by atoms with Crippen molar-refractivity contribution in [1.82, 2.24) is 24.9 Å². The summed E-state index contributed by atoms with van der Waals surface area (Å²) in [6, 6.07) is 138. The summed E-state index contributed by atoms with van der Waals surface area (Å²) in [5.74, 6) is 3.97. The van der Waals surface area contributed by atoms with Gasteiger partial charge in [-0.1, -0.05) is 309 Å². The molecule has 1 unspecified atom stereocenters. The molecule has 0 radical (unpaired) electrons. The van der Waals surface area contributed by atoms with Gasteiger partial charge in [0.2, 0.25) is 0 Å². The van der Waals surface area contributed by atoms with Crippen molar-refractivity contribution in [2.75, 3.05) is 0 Å². The van der Waals surface area contributed by atoms with Gasteiger partial charge in [0.25, 0.3) is 0 Å². The molecule has 4 aliphatic rings. The number of nitrogens with zero attached hydrogens (tertiary/aromatic N) is 5. The molecule has 0 saturated carbocycles. The Morgan fingerprint density at radius 3 is 1.26 bits per heavy atom. The summed E-state index contributed by atoms with van der Waals surface area (Å²) in [4.78, 5) is 25.8. The Balaban J connectivity index is 0.632. The van der Waals surface area contributed by atoms with Gasteiger partial charge in [-0.15, -0.1) is 0 Å². The Hall–Kier alpha value is -15.3. The number of fused-ring (bicyclic) bond motifs is 19. The Kier molecular flexibility index (Phi) is 15.3. The van der Waals surface area contributed by atoms with Crippen molar-refractivity contribution in [3.63, 3.8) is 0 Å². The Bertz CT molecular complexity index is 7080. The van der Waals surface area contributed by atoms with Crippen molar-refractivity contribution >= 4 is 10.9 Å². The minimum atomic E-state index is -0.863. The van der Waals surface area contributed by atoms with Crippen LogP contribution in [0.2, 0.25) is 0 Å². The number of rotatable bonds is 11. The highest BCUT2D eigenvalue weighted by atomic mass is 16.5. The zero-order chi connectivity index (χ0) is 76.4. The summed E-state index contributed by atoms with van der Waals surface area (Å²) in [5, 5.41) is 1.07. The predicted molar refractivity (Wildman–Crippen MR) is 467 cm³/mol. The molecule has 0 N–H and O–H groups in total. The van der Waals surface area contributed by atoms with Gasteiger partial charge in [-0.25, -0.2) is 9.97 Å². The van der Waals surface area contributed by atoms with Gasteiger partial charge < -0.3 is 9.47 Å². The molecule has 4 aromatic heterocycles. The van der Waals surface area contributed by atoms with Crippen LogP contribution in [-0.4, -0.2) is 24.9 Å². The molecule has 2 aliphatic heterocycles. The van der Waals surface area contributed by atoms with Crippen LogP contribution in [0.5, 0.6) is 23.0 Å². The Labute approximate surface area is 671 Å². The molecule has 0 saturated heterocycles. The molecule has 0 amide bonds. The molecule has 15 aromatic carbocycles. The van der Waals surface area contributed by atoms with Gasteiger partial charge in [0.05, 0.1) is 33.4 Å².